The van der Waals surface area contributed by atoms with Crippen LogP contribution in [-0.4, -0.2) is 30.3 Å². The summed E-state index contributed by atoms with van der Waals surface area (Å²) >= 11 is 0. The predicted molar refractivity (Wildman–Crippen MR) is 88.7 cm³/mol. The van der Waals surface area contributed by atoms with Crippen LogP contribution in [0.4, 0.5) is 10.5 Å². The quantitative estimate of drug-likeness (QED) is 0.880. The number of anilines is 1. The summed E-state index contributed by atoms with van der Waals surface area (Å²) in [5.74, 6) is -0.202. The molecule has 1 rings (SSSR count). The molecule has 0 fully saturated rings. The summed E-state index contributed by atoms with van der Waals surface area (Å²) in [5.41, 5.74) is 1.25. The summed E-state index contributed by atoms with van der Waals surface area (Å²) in [6.45, 7) is 9.84. The Hall–Kier alpha value is -2.66. The van der Waals surface area contributed by atoms with Crippen molar-refractivity contribution in [2.45, 2.75) is 46.6 Å². The summed E-state index contributed by atoms with van der Waals surface area (Å²) in [5, 5.41) is 5.44. The maximum atomic E-state index is 12.1. The molecule has 2 amide bonds. The van der Waals surface area contributed by atoms with E-state index in [1.807, 2.05) is 19.9 Å². The minimum Gasteiger partial charge on any atom is -0.444 e. The fraction of sp³-hybridized carbons (Fsp3) is 0.471. The number of amides is 2. The molecule has 0 bridgehead atoms. The highest BCUT2D eigenvalue weighted by Gasteiger charge is 2.19. The molecule has 0 aliphatic carbocycles. The van der Waals surface area contributed by atoms with Gasteiger partial charge in [-0.3, -0.25) is 10.1 Å². The average Bonchev–Trinajstić information content (AvgIpc) is 2.45. The van der Waals surface area contributed by atoms with Gasteiger partial charge in [-0.25, -0.2) is 4.79 Å². The first-order chi connectivity index (χ1) is 11.1. The molecular weight excluding hydrogens is 312 g/mol. The molecule has 7 heteroatoms. The van der Waals surface area contributed by atoms with Gasteiger partial charge in [0, 0.05) is 6.54 Å². The maximum absolute atomic E-state index is 12.1. The smallest absolute Gasteiger partial charge is 0.412 e. The summed E-state index contributed by atoms with van der Waals surface area (Å²) < 4.78 is 5.21. The molecule has 7 nitrogen and oxygen atoms in total. The topological polar surface area (TPSA) is 102 Å². The molecule has 0 saturated carbocycles. The van der Waals surface area contributed by atoms with E-state index >= 15 is 0 Å². The summed E-state index contributed by atoms with van der Waals surface area (Å²) in [4.78, 5) is 40.2. The van der Waals surface area contributed by atoms with E-state index in [1.165, 1.54) is 0 Å². The molecule has 0 radical (unpaired) electrons. The Morgan fingerprint density at radius 1 is 1.21 bits per heavy atom. The summed E-state index contributed by atoms with van der Waals surface area (Å²) in [7, 11) is 0. The number of aryl methyl sites for hydroxylation is 1. The largest absolute Gasteiger partial charge is 0.444 e. The Morgan fingerprint density at radius 2 is 1.79 bits per heavy atom. The molecule has 132 valence electrons. The van der Waals surface area contributed by atoms with Gasteiger partial charge < -0.3 is 10.1 Å². The van der Waals surface area contributed by atoms with Crippen LogP contribution < -0.4 is 10.6 Å². The zero-order valence-corrected chi connectivity index (χ0v) is 14.7. The first-order valence-electron chi connectivity index (χ1n) is 7.52. The van der Waals surface area contributed by atoms with Crippen molar-refractivity contribution in [2.24, 2.45) is 0 Å². The molecule has 1 aromatic rings. The fourth-order valence-electron chi connectivity index (χ4n) is 1.70. The molecule has 0 heterocycles. The van der Waals surface area contributed by atoms with Crippen LogP contribution in [0.1, 0.15) is 50.0 Å². The second-order valence-corrected chi connectivity index (χ2v) is 6.02. The third-order valence-corrected chi connectivity index (χ3v) is 2.59. The van der Waals surface area contributed by atoms with E-state index in [9.17, 15) is 9.59 Å². The minimum absolute atomic E-state index is 0.202. The lowest BCUT2D eigenvalue weighted by molar-refractivity contribution is -0.191. The van der Waals surface area contributed by atoms with Crippen molar-refractivity contribution >= 4 is 23.8 Å². The zero-order valence-electron chi connectivity index (χ0n) is 14.7. The van der Waals surface area contributed by atoms with Gasteiger partial charge in [0.05, 0.1) is 11.3 Å². The fourth-order valence-corrected chi connectivity index (χ4v) is 1.70. The Kier molecular flexibility index (Phi) is 9.05. The van der Waals surface area contributed by atoms with Gasteiger partial charge in [0.1, 0.15) is 5.60 Å². The lowest BCUT2D eigenvalue weighted by Gasteiger charge is -2.20. The number of carbonyl (C=O) groups excluding carboxylic acids is 4. The van der Waals surface area contributed by atoms with Crippen molar-refractivity contribution in [3.05, 3.63) is 29.3 Å². The monoisotopic (exact) mass is 336 g/mol. The van der Waals surface area contributed by atoms with Gasteiger partial charge in [-0.15, -0.1) is 0 Å². The number of benzene rings is 1. The van der Waals surface area contributed by atoms with Crippen molar-refractivity contribution in [3.63, 3.8) is 0 Å². The maximum Gasteiger partial charge on any atom is 0.412 e. The van der Waals surface area contributed by atoms with E-state index in [4.69, 9.17) is 14.3 Å². The number of ether oxygens (including phenoxy) is 1. The van der Waals surface area contributed by atoms with E-state index in [2.05, 4.69) is 10.6 Å². The molecule has 0 atom stereocenters. The van der Waals surface area contributed by atoms with Gasteiger partial charge in [0.25, 0.3) is 5.91 Å². The minimum atomic E-state index is -0.584. The van der Waals surface area contributed by atoms with Crippen LogP contribution in [0.25, 0.3) is 0 Å². The second-order valence-electron chi connectivity index (χ2n) is 6.02. The Bertz CT molecular complexity index is 599. The Morgan fingerprint density at radius 3 is 2.29 bits per heavy atom. The molecule has 0 spiro atoms. The standard InChI is InChI=1S/C16H24N2O3.CO2/c1-6-9-17-14(19)12-10-11(2)7-8-13(12)18-15(20)21-16(3,4)5;2-1-3/h7-8,10H,6,9H2,1-5H3,(H,17,19)(H,18,20);. The third kappa shape index (κ3) is 8.70. The van der Waals surface area contributed by atoms with Gasteiger partial charge in [-0.2, -0.15) is 9.59 Å². The van der Waals surface area contributed by atoms with Crippen LogP contribution in [0.2, 0.25) is 0 Å². The molecular formula is C17H24N2O5. The summed E-state index contributed by atoms with van der Waals surface area (Å²) in [6.07, 6.45) is 0.530. The van der Waals surface area contributed by atoms with Crippen LogP contribution in [0, 0.1) is 6.92 Å². The first kappa shape index (κ1) is 21.3. The van der Waals surface area contributed by atoms with Gasteiger partial charge in [0.15, 0.2) is 0 Å². The number of rotatable bonds is 4. The number of hydrogen-bond donors (Lipinski definition) is 2. The van der Waals surface area contributed by atoms with Crippen LogP contribution >= 0.6 is 0 Å². The lowest BCUT2D eigenvalue weighted by atomic mass is 10.1. The van der Waals surface area contributed by atoms with E-state index < -0.39 is 11.7 Å². The molecule has 0 saturated heterocycles. The van der Waals surface area contributed by atoms with E-state index in [1.54, 1.807) is 32.9 Å². The van der Waals surface area contributed by atoms with Crippen molar-refractivity contribution in [2.75, 3.05) is 11.9 Å². The van der Waals surface area contributed by atoms with E-state index in [0.29, 0.717) is 17.8 Å². The third-order valence-electron chi connectivity index (χ3n) is 2.59. The van der Waals surface area contributed by atoms with Crippen LogP contribution in [-0.2, 0) is 14.3 Å². The highest BCUT2D eigenvalue weighted by atomic mass is 16.6. The average molecular weight is 336 g/mol. The summed E-state index contributed by atoms with van der Waals surface area (Å²) in [6, 6.07) is 5.29. The molecule has 24 heavy (non-hydrogen) atoms. The number of nitrogens with one attached hydrogen (secondary N) is 2. The normalized spacial score (nSPS) is 9.88. The molecule has 1 aromatic carbocycles. The zero-order chi connectivity index (χ0) is 18.8. The SMILES string of the molecule is CCCNC(=O)c1cc(C)ccc1NC(=O)OC(C)(C)C.O=C=O. The van der Waals surface area contributed by atoms with Gasteiger partial charge >= 0.3 is 12.2 Å². The predicted octanol–water partition coefficient (Wildman–Crippen LogP) is 2.90. The molecule has 0 aliphatic heterocycles. The highest BCUT2D eigenvalue weighted by molar-refractivity contribution is 6.02. The highest BCUT2D eigenvalue weighted by Crippen LogP contribution is 2.19. The molecule has 0 aromatic heterocycles. The van der Waals surface area contributed by atoms with Crippen molar-refractivity contribution in [1.29, 1.82) is 0 Å². The lowest BCUT2D eigenvalue weighted by Crippen LogP contribution is -2.29. The van der Waals surface area contributed by atoms with Crippen LogP contribution in [0.5, 0.6) is 0 Å². The van der Waals surface area contributed by atoms with E-state index in [0.717, 1.165) is 12.0 Å². The van der Waals surface area contributed by atoms with Gasteiger partial charge in [-0.05, 0) is 46.2 Å². The van der Waals surface area contributed by atoms with Crippen molar-refractivity contribution in [3.8, 4) is 0 Å². The van der Waals surface area contributed by atoms with E-state index in [-0.39, 0.29) is 12.1 Å². The van der Waals surface area contributed by atoms with Crippen molar-refractivity contribution < 1.29 is 23.9 Å². The Labute approximate surface area is 141 Å². The first-order valence-corrected chi connectivity index (χ1v) is 7.52. The van der Waals surface area contributed by atoms with Gasteiger partial charge in [0.2, 0.25) is 0 Å². The van der Waals surface area contributed by atoms with Crippen LogP contribution in [0.3, 0.4) is 0 Å². The second kappa shape index (κ2) is 10.2. The Balaban J connectivity index is 0.00000163. The van der Waals surface area contributed by atoms with Gasteiger partial charge in [-0.1, -0.05) is 18.6 Å². The molecule has 0 aliphatic rings. The van der Waals surface area contributed by atoms with Crippen LogP contribution in [0.15, 0.2) is 18.2 Å². The molecule has 0 unspecified atom stereocenters. The number of carbonyl (C=O) groups is 2. The number of hydrogen-bond acceptors (Lipinski definition) is 5. The van der Waals surface area contributed by atoms with Crippen molar-refractivity contribution in [1.82, 2.24) is 5.32 Å². The molecule has 2 N–H and O–H groups in total.